The second-order valence-electron chi connectivity index (χ2n) is 4.68. The Morgan fingerprint density at radius 2 is 2.25 bits per heavy atom. The molecule has 0 bridgehead atoms. The van der Waals surface area contributed by atoms with E-state index >= 15 is 0 Å². The van der Waals surface area contributed by atoms with Crippen molar-refractivity contribution in [2.45, 2.75) is 24.7 Å². The highest BCUT2D eigenvalue weighted by Crippen LogP contribution is 2.23. The van der Waals surface area contributed by atoms with Gasteiger partial charge >= 0.3 is 0 Å². The number of Topliss-reactive ketones (excluding diaryl/α,β-unsaturated/α-hetero) is 1. The van der Waals surface area contributed by atoms with Crippen molar-refractivity contribution in [1.29, 1.82) is 5.26 Å². The molecule has 20 heavy (non-hydrogen) atoms. The van der Waals surface area contributed by atoms with Gasteiger partial charge in [-0.05, 0) is 18.6 Å². The Bertz CT molecular complexity index is 646. The summed E-state index contributed by atoms with van der Waals surface area (Å²) in [5.74, 6) is -0.109. The summed E-state index contributed by atoms with van der Waals surface area (Å²) in [6, 6.07) is 4.59. The number of ketones is 1. The molecule has 1 saturated heterocycles. The highest BCUT2D eigenvalue weighted by Gasteiger charge is 2.33. The van der Waals surface area contributed by atoms with Gasteiger partial charge in [0.05, 0.1) is 0 Å². The van der Waals surface area contributed by atoms with Gasteiger partial charge in [-0.25, -0.2) is 13.4 Å². The van der Waals surface area contributed by atoms with Gasteiger partial charge in [0, 0.05) is 31.6 Å². The molecule has 106 valence electrons. The number of nitrogens with zero attached hydrogens (tertiary/aromatic N) is 3. The summed E-state index contributed by atoms with van der Waals surface area (Å²) < 4.78 is 26.2. The van der Waals surface area contributed by atoms with E-state index in [1.807, 2.05) is 13.0 Å². The number of carbonyl (C=O) groups is 1. The lowest BCUT2D eigenvalue weighted by Crippen LogP contribution is -2.43. The Morgan fingerprint density at radius 3 is 2.80 bits per heavy atom. The zero-order valence-electron chi connectivity index (χ0n) is 11.1. The lowest BCUT2D eigenvalue weighted by Gasteiger charge is -2.30. The minimum Gasteiger partial charge on any atom is -0.299 e. The van der Waals surface area contributed by atoms with Crippen molar-refractivity contribution in [1.82, 2.24) is 9.29 Å². The average molecular weight is 293 g/mol. The molecule has 2 rings (SSSR count). The molecular formula is C13H15N3O3S. The normalized spacial score (nSPS) is 20.6. The van der Waals surface area contributed by atoms with Gasteiger partial charge in [-0.15, -0.1) is 0 Å². The fourth-order valence-corrected chi connectivity index (χ4v) is 3.63. The van der Waals surface area contributed by atoms with Crippen LogP contribution in [0.15, 0.2) is 23.2 Å². The predicted molar refractivity (Wildman–Crippen MR) is 71.1 cm³/mol. The van der Waals surface area contributed by atoms with Crippen LogP contribution in [0, 0.1) is 17.2 Å². The molecular weight excluding hydrogens is 278 g/mol. The lowest BCUT2D eigenvalue weighted by atomic mass is 9.96. The van der Waals surface area contributed by atoms with Gasteiger partial charge in [0.2, 0.25) is 10.0 Å². The minimum atomic E-state index is -3.64. The molecule has 1 aliphatic heterocycles. The number of nitriles is 1. The number of carbonyl (C=O) groups excluding carboxylic acids is 1. The number of piperidine rings is 1. The standard InChI is InChI=1S/C13H15N3O3S/c1-2-10-9-16(6-5-13(10)17)20(18,19)12-4-3-11(7-14)15-8-12/h3-4,8,10H,2,5-6,9H2,1H3. The summed E-state index contributed by atoms with van der Waals surface area (Å²) in [6.07, 6.45) is 2.07. The number of hydrogen-bond acceptors (Lipinski definition) is 5. The van der Waals surface area contributed by atoms with E-state index in [0.717, 1.165) is 0 Å². The monoisotopic (exact) mass is 293 g/mol. The molecule has 0 N–H and O–H groups in total. The van der Waals surface area contributed by atoms with Crippen LogP contribution >= 0.6 is 0 Å². The Balaban J connectivity index is 2.26. The van der Waals surface area contributed by atoms with Gasteiger partial charge in [-0.2, -0.15) is 9.57 Å². The van der Waals surface area contributed by atoms with Crippen LogP contribution in [-0.4, -0.2) is 36.6 Å². The predicted octanol–water partition coefficient (Wildman–Crippen LogP) is 0.943. The van der Waals surface area contributed by atoms with E-state index < -0.39 is 10.0 Å². The molecule has 7 heteroatoms. The van der Waals surface area contributed by atoms with Crippen molar-refractivity contribution in [2.75, 3.05) is 13.1 Å². The van der Waals surface area contributed by atoms with E-state index in [-0.39, 0.29) is 41.8 Å². The van der Waals surface area contributed by atoms with Crippen LogP contribution in [0.4, 0.5) is 0 Å². The van der Waals surface area contributed by atoms with Crippen molar-refractivity contribution >= 4 is 15.8 Å². The van der Waals surface area contributed by atoms with Crippen molar-refractivity contribution in [3.8, 4) is 6.07 Å². The molecule has 1 aromatic rings. The first-order valence-electron chi connectivity index (χ1n) is 6.38. The number of hydrogen-bond donors (Lipinski definition) is 0. The topological polar surface area (TPSA) is 91.1 Å². The number of pyridine rings is 1. The maximum atomic E-state index is 12.4. The Labute approximate surface area is 118 Å². The Kier molecular flexibility index (Phi) is 4.16. The first kappa shape index (κ1) is 14.6. The van der Waals surface area contributed by atoms with E-state index in [4.69, 9.17) is 5.26 Å². The highest BCUT2D eigenvalue weighted by molar-refractivity contribution is 7.89. The van der Waals surface area contributed by atoms with Crippen LogP contribution in [-0.2, 0) is 14.8 Å². The SMILES string of the molecule is CCC1CN(S(=O)(=O)c2ccc(C#N)nc2)CCC1=O. The fraction of sp³-hybridized carbons (Fsp3) is 0.462. The third kappa shape index (κ3) is 2.71. The van der Waals surface area contributed by atoms with Crippen LogP contribution in [0.1, 0.15) is 25.5 Å². The number of aromatic nitrogens is 1. The first-order valence-corrected chi connectivity index (χ1v) is 7.82. The van der Waals surface area contributed by atoms with Crippen LogP contribution in [0.25, 0.3) is 0 Å². The van der Waals surface area contributed by atoms with E-state index in [9.17, 15) is 13.2 Å². The van der Waals surface area contributed by atoms with E-state index in [2.05, 4.69) is 4.98 Å². The number of sulfonamides is 1. The summed E-state index contributed by atoms with van der Waals surface area (Å²) in [5.41, 5.74) is 0.171. The number of rotatable bonds is 3. The van der Waals surface area contributed by atoms with Gasteiger partial charge in [-0.1, -0.05) is 6.92 Å². The zero-order chi connectivity index (χ0) is 14.8. The average Bonchev–Trinajstić information content (AvgIpc) is 2.47. The molecule has 0 spiro atoms. The summed E-state index contributed by atoms with van der Waals surface area (Å²) >= 11 is 0. The first-order chi connectivity index (χ1) is 9.48. The molecule has 1 fully saturated rings. The van der Waals surface area contributed by atoms with Crippen LogP contribution in [0.3, 0.4) is 0 Å². The van der Waals surface area contributed by atoms with Crippen LogP contribution in [0.5, 0.6) is 0 Å². The molecule has 1 atom stereocenters. The Morgan fingerprint density at radius 1 is 1.50 bits per heavy atom. The van der Waals surface area contributed by atoms with Gasteiger partial charge < -0.3 is 0 Å². The van der Waals surface area contributed by atoms with E-state index in [0.29, 0.717) is 6.42 Å². The van der Waals surface area contributed by atoms with Gasteiger partial charge in [0.15, 0.2) is 0 Å². The quantitative estimate of drug-likeness (QED) is 0.827. The van der Waals surface area contributed by atoms with E-state index in [1.54, 1.807) is 0 Å². The van der Waals surface area contributed by atoms with Crippen molar-refractivity contribution < 1.29 is 13.2 Å². The van der Waals surface area contributed by atoms with E-state index in [1.165, 1.54) is 22.6 Å². The molecule has 1 aliphatic rings. The smallest absolute Gasteiger partial charge is 0.244 e. The summed E-state index contributed by atoms with van der Waals surface area (Å²) in [4.78, 5) is 15.5. The second kappa shape index (κ2) is 5.69. The van der Waals surface area contributed by atoms with Gasteiger partial charge in [-0.3, -0.25) is 4.79 Å². The molecule has 2 heterocycles. The van der Waals surface area contributed by atoms with Gasteiger partial charge in [0.1, 0.15) is 22.4 Å². The van der Waals surface area contributed by atoms with Gasteiger partial charge in [0.25, 0.3) is 0 Å². The molecule has 1 unspecified atom stereocenters. The highest BCUT2D eigenvalue weighted by atomic mass is 32.2. The summed E-state index contributed by atoms with van der Waals surface area (Å²) in [5, 5.41) is 8.67. The third-order valence-electron chi connectivity index (χ3n) is 3.47. The molecule has 6 nitrogen and oxygen atoms in total. The molecule has 0 saturated carbocycles. The maximum absolute atomic E-state index is 12.4. The van der Waals surface area contributed by atoms with Crippen LogP contribution in [0.2, 0.25) is 0 Å². The maximum Gasteiger partial charge on any atom is 0.244 e. The minimum absolute atomic E-state index is 0.0562. The van der Waals surface area contributed by atoms with Crippen molar-refractivity contribution in [3.63, 3.8) is 0 Å². The van der Waals surface area contributed by atoms with Crippen molar-refractivity contribution in [2.24, 2.45) is 5.92 Å². The molecule has 0 aliphatic carbocycles. The molecule has 0 amide bonds. The molecule has 1 aromatic heterocycles. The summed E-state index contributed by atoms with van der Waals surface area (Å²) in [7, 11) is -3.64. The summed E-state index contributed by atoms with van der Waals surface area (Å²) in [6.45, 7) is 2.30. The fourth-order valence-electron chi connectivity index (χ4n) is 2.20. The zero-order valence-corrected chi connectivity index (χ0v) is 11.9. The molecule has 0 radical (unpaired) electrons. The third-order valence-corrected chi connectivity index (χ3v) is 5.32. The largest absolute Gasteiger partial charge is 0.299 e. The second-order valence-corrected chi connectivity index (χ2v) is 6.61. The van der Waals surface area contributed by atoms with Crippen molar-refractivity contribution in [3.05, 3.63) is 24.0 Å². The Hall–Kier alpha value is -1.78. The lowest BCUT2D eigenvalue weighted by molar-refractivity contribution is -0.125. The van der Waals surface area contributed by atoms with Crippen LogP contribution < -0.4 is 0 Å². The molecule has 0 aromatic carbocycles.